The predicted molar refractivity (Wildman–Crippen MR) is 85.7 cm³/mol. The Hall–Kier alpha value is -1.75. The first-order chi connectivity index (χ1) is 10.2. The van der Waals surface area contributed by atoms with Gasteiger partial charge in [-0.1, -0.05) is 13.3 Å². The first-order valence-electron chi connectivity index (χ1n) is 6.94. The van der Waals surface area contributed by atoms with Crippen LogP contribution in [0.1, 0.15) is 19.8 Å². The molecule has 0 aliphatic carbocycles. The van der Waals surface area contributed by atoms with Crippen LogP contribution in [0.5, 0.6) is 11.5 Å². The van der Waals surface area contributed by atoms with Crippen LogP contribution in [0.15, 0.2) is 18.3 Å². The van der Waals surface area contributed by atoms with Crippen molar-refractivity contribution in [1.29, 1.82) is 0 Å². The highest BCUT2D eigenvalue weighted by Crippen LogP contribution is 2.30. The largest absolute Gasteiger partial charge is 0.493 e. The Labute approximate surface area is 129 Å². The van der Waals surface area contributed by atoms with Crippen molar-refractivity contribution in [3.05, 3.63) is 18.3 Å². The number of fused-ring (bicyclic) bond motifs is 1. The van der Waals surface area contributed by atoms with Crippen LogP contribution in [-0.2, 0) is 0 Å². The summed E-state index contributed by atoms with van der Waals surface area (Å²) in [6.45, 7) is 2.79. The van der Waals surface area contributed by atoms with E-state index in [1.165, 1.54) is 0 Å². The van der Waals surface area contributed by atoms with E-state index in [0.29, 0.717) is 23.9 Å². The van der Waals surface area contributed by atoms with E-state index in [1.54, 1.807) is 20.4 Å². The van der Waals surface area contributed by atoms with Crippen molar-refractivity contribution in [3.63, 3.8) is 0 Å². The quantitative estimate of drug-likeness (QED) is 0.794. The van der Waals surface area contributed by atoms with E-state index >= 15 is 0 Å². The molecule has 1 heterocycles. The lowest BCUT2D eigenvalue weighted by Gasteiger charge is -2.11. The molecule has 21 heavy (non-hydrogen) atoms. The molecule has 2 aromatic rings. The molecule has 5 nitrogen and oxygen atoms in total. The molecule has 0 fully saturated rings. The highest BCUT2D eigenvalue weighted by atomic mass is 35.5. The molecule has 0 aliphatic rings. The number of nitrogens with zero attached hydrogens (tertiary/aromatic N) is 2. The molecule has 1 unspecified atom stereocenters. The molecule has 1 N–H and O–H groups in total. The molecule has 0 spiro atoms. The number of halogens is 1. The maximum atomic E-state index is 6.19. The Morgan fingerprint density at radius 2 is 1.86 bits per heavy atom. The zero-order chi connectivity index (χ0) is 15.2. The summed E-state index contributed by atoms with van der Waals surface area (Å²) >= 11 is 6.19. The minimum absolute atomic E-state index is 0.0953. The van der Waals surface area contributed by atoms with E-state index in [-0.39, 0.29) is 5.38 Å². The van der Waals surface area contributed by atoms with Gasteiger partial charge >= 0.3 is 0 Å². The van der Waals surface area contributed by atoms with E-state index in [9.17, 15) is 0 Å². The average Bonchev–Trinajstić information content (AvgIpc) is 2.51. The number of ether oxygens (including phenoxy) is 2. The first kappa shape index (κ1) is 15.6. The van der Waals surface area contributed by atoms with Crippen LogP contribution in [0.2, 0.25) is 0 Å². The van der Waals surface area contributed by atoms with E-state index in [4.69, 9.17) is 21.1 Å². The van der Waals surface area contributed by atoms with Gasteiger partial charge in [0.1, 0.15) is 5.82 Å². The van der Waals surface area contributed by atoms with Gasteiger partial charge in [-0.2, -0.15) is 0 Å². The standard InChI is InChI=1S/C15H20ClN3O2/c1-4-5-10(16)8-18-15-9-17-11-6-13(20-2)14(21-3)7-12(11)19-15/h6-7,9-10H,4-5,8H2,1-3H3,(H,18,19). The molecule has 1 aromatic heterocycles. The van der Waals surface area contributed by atoms with Crippen LogP contribution in [0.3, 0.4) is 0 Å². The number of alkyl halides is 1. The van der Waals surface area contributed by atoms with Gasteiger partial charge in [0.15, 0.2) is 11.5 Å². The molecule has 0 bridgehead atoms. The number of aromatic nitrogens is 2. The van der Waals surface area contributed by atoms with Crippen molar-refractivity contribution in [3.8, 4) is 11.5 Å². The minimum atomic E-state index is 0.0953. The fourth-order valence-electron chi connectivity index (χ4n) is 2.06. The van der Waals surface area contributed by atoms with Crippen LogP contribution in [-0.4, -0.2) is 36.1 Å². The summed E-state index contributed by atoms with van der Waals surface area (Å²) in [5.41, 5.74) is 1.51. The van der Waals surface area contributed by atoms with Crippen LogP contribution >= 0.6 is 11.6 Å². The van der Waals surface area contributed by atoms with Crippen LogP contribution in [0, 0.1) is 0 Å². The van der Waals surface area contributed by atoms with Gasteiger partial charge in [0.25, 0.3) is 0 Å². The normalized spacial score (nSPS) is 12.2. The summed E-state index contributed by atoms with van der Waals surface area (Å²) in [6, 6.07) is 3.63. The topological polar surface area (TPSA) is 56.3 Å². The Bertz CT molecular complexity index is 607. The van der Waals surface area contributed by atoms with Gasteiger partial charge in [-0.15, -0.1) is 11.6 Å². The number of nitrogens with one attached hydrogen (secondary N) is 1. The predicted octanol–water partition coefficient (Wildman–Crippen LogP) is 3.47. The highest BCUT2D eigenvalue weighted by molar-refractivity contribution is 6.20. The van der Waals surface area contributed by atoms with Crippen molar-refractivity contribution in [2.75, 3.05) is 26.1 Å². The van der Waals surface area contributed by atoms with Crippen molar-refractivity contribution in [1.82, 2.24) is 9.97 Å². The SMILES string of the molecule is CCCC(Cl)CNc1cnc2cc(OC)c(OC)cc2n1. The van der Waals surface area contributed by atoms with Crippen molar-refractivity contribution in [2.45, 2.75) is 25.1 Å². The molecule has 0 aliphatic heterocycles. The smallest absolute Gasteiger partial charge is 0.163 e. The third kappa shape index (κ3) is 3.88. The van der Waals surface area contributed by atoms with E-state index in [2.05, 4.69) is 22.2 Å². The lowest BCUT2D eigenvalue weighted by atomic mass is 10.2. The van der Waals surface area contributed by atoms with E-state index in [0.717, 1.165) is 23.9 Å². The molecule has 0 saturated carbocycles. The third-order valence-corrected chi connectivity index (χ3v) is 3.53. The van der Waals surface area contributed by atoms with E-state index < -0.39 is 0 Å². The Morgan fingerprint density at radius 3 is 2.48 bits per heavy atom. The maximum Gasteiger partial charge on any atom is 0.163 e. The molecule has 0 radical (unpaired) electrons. The summed E-state index contributed by atoms with van der Waals surface area (Å²) in [7, 11) is 3.20. The molecule has 1 aromatic carbocycles. The summed E-state index contributed by atoms with van der Waals surface area (Å²) in [4.78, 5) is 8.91. The monoisotopic (exact) mass is 309 g/mol. The van der Waals surface area contributed by atoms with Crippen molar-refractivity contribution >= 4 is 28.5 Å². The van der Waals surface area contributed by atoms with E-state index in [1.807, 2.05) is 12.1 Å². The molecule has 0 saturated heterocycles. The van der Waals surface area contributed by atoms with Gasteiger partial charge in [-0.3, -0.25) is 4.98 Å². The highest BCUT2D eigenvalue weighted by Gasteiger charge is 2.09. The molecule has 0 amide bonds. The molecule has 1 atom stereocenters. The fraction of sp³-hybridized carbons (Fsp3) is 0.467. The molecule has 6 heteroatoms. The van der Waals surface area contributed by atoms with Crippen LogP contribution in [0.4, 0.5) is 5.82 Å². The second-order valence-electron chi connectivity index (χ2n) is 4.72. The zero-order valence-corrected chi connectivity index (χ0v) is 13.3. The van der Waals surface area contributed by atoms with Crippen LogP contribution < -0.4 is 14.8 Å². The number of hydrogen-bond donors (Lipinski definition) is 1. The summed E-state index contributed by atoms with van der Waals surface area (Å²) in [5.74, 6) is 1.98. The zero-order valence-electron chi connectivity index (χ0n) is 12.5. The van der Waals surface area contributed by atoms with Gasteiger partial charge in [0, 0.05) is 18.7 Å². The molecular weight excluding hydrogens is 290 g/mol. The summed E-state index contributed by atoms with van der Waals surface area (Å²) in [5, 5.41) is 3.31. The Morgan fingerprint density at radius 1 is 1.19 bits per heavy atom. The van der Waals surface area contributed by atoms with Crippen molar-refractivity contribution in [2.24, 2.45) is 0 Å². The molecule has 114 valence electrons. The maximum absolute atomic E-state index is 6.19. The minimum Gasteiger partial charge on any atom is -0.493 e. The van der Waals surface area contributed by atoms with Gasteiger partial charge in [-0.25, -0.2) is 4.98 Å². The van der Waals surface area contributed by atoms with Gasteiger partial charge < -0.3 is 14.8 Å². The van der Waals surface area contributed by atoms with Gasteiger partial charge in [-0.05, 0) is 6.42 Å². The second kappa shape index (κ2) is 7.31. The third-order valence-electron chi connectivity index (χ3n) is 3.15. The number of methoxy groups -OCH3 is 2. The first-order valence-corrected chi connectivity index (χ1v) is 7.38. The number of anilines is 1. The summed E-state index contributed by atoms with van der Waals surface area (Å²) < 4.78 is 10.5. The Balaban J connectivity index is 2.20. The number of rotatable bonds is 7. The lowest BCUT2D eigenvalue weighted by Crippen LogP contribution is -2.14. The van der Waals surface area contributed by atoms with Crippen LogP contribution in [0.25, 0.3) is 11.0 Å². The van der Waals surface area contributed by atoms with Gasteiger partial charge in [0.2, 0.25) is 0 Å². The molecular formula is C15H20ClN3O2. The van der Waals surface area contributed by atoms with Gasteiger partial charge in [0.05, 0.1) is 36.8 Å². The number of benzene rings is 1. The summed E-state index contributed by atoms with van der Waals surface area (Å²) in [6.07, 6.45) is 3.74. The average molecular weight is 310 g/mol. The molecule has 2 rings (SSSR count). The van der Waals surface area contributed by atoms with Crippen molar-refractivity contribution < 1.29 is 9.47 Å². The second-order valence-corrected chi connectivity index (χ2v) is 5.34. The number of hydrogen-bond acceptors (Lipinski definition) is 5. The Kier molecular flexibility index (Phi) is 5.44. The lowest BCUT2D eigenvalue weighted by molar-refractivity contribution is 0.355. The fourth-order valence-corrected chi connectivity index (χ4v) is 2.35.